The van der Waals surface area contributed by atoms with Crippen molar-refractivity contribution in [2.45, 2.75) is 65.0 Å². The summed E-state index contributed by atoms with van der Waals surface area (Å²) in [5.41, 5.74) is -1.44. The van der Waals surface area contributed by atoms with Gasteiger partial charge in [-0.2, -0.15) is 20.8 Å². The maximum absolute atomic E-state index is 9.96. The number of hydrogen-bond acceptors (Lipinski definition) is 6. The van der Waals surface area contributed by atoms with Gasteiger partial charge in [-0.3, -0.25) is 0 Å². The van der Waals surface area contributed by atoms with Crippen LogP contribution in [0.25, 0.3) is 0 Å². The SMILES string of the molecule is CC(C)CC(C)(C#N)N=NC(C)(C#N)CC(C)Cc1cc(O)n(Br)c1O. The fraction of sp³-hybridized carbons (Fsp3) is 0.667. The van der Waals surface area contributed by atoms with Gasteiger partial charge in [0.1, 0.15) is 0 Å². The molecule has 0 radical (unpaired) electrons. The summed E-state index contributed by atoms with van der Waals surface area (Å²) < 4.78 is 1.11. The molecular formula is C18H26BrN5O2. The summed E-state index contributed by atoms with van der Waals surface area (Å²) in [5.74, 6) is 0.126. The molecule has 0 saturated carbocycles. The van der Waals surface area contributed by atoms with Gasteiger partial charge in [-0.15, -0.1) is 0 Å². The lowest BCUT2D eigenvalue weighted by atomic mass is 9.88. The van der Waals surface area contributed by atoms with Gasteiger partial charge >= 0.3 is 0 Å². The minimum atomic E-state index is -1.07. The van der Waals surface area contributed by atoms with Gasteiger partial charge in [-0.05, 0) is 44.9 Å². The Kier molecular flexibility index (Phi) is 7.23. The first-order valence-electron chi connectivity index (χ1n) is 8.50. The third kappa shape index (κ3) is 5.74. The van der Waals surface area contributed by atoms with Crippen LogP contribution in [0.3, 0.4) is 0 Å². The Labute approximate surface area is 163 Å². The molecule has 0 aromatic carbocycles. The van der Waals surface area contributed by atoms with Gasteiger partial charge in [0.2, 0.25) is 11.8 Å². The van der Waals surface area contributed by atoms with Crippen molar-refractivity contribution in [3.05, 3.63) is 11.6 Å². The van der Waals surface area contributed by atoms with Crippen LogP contribution < -0.4 is 0 Å². The number of azo groups is 1. The molecule has 0 aliphatic rings. The summed E-state index contributed by atoms with van der Waals surface area (Å²) >= 11 is 3.04. The van der Waals surface area contributed by atoms with E-state index in [1.807, 2.05) is 20.8 Å². The minimum Gasteiger partial charge on any atom is -0.494 e. The van der Waals surface area contributed by atoms with Crippen molar-refractivity contribution in [2.24, 2.45) is 22.1 Å². The molecular weight excluding hydrogens is 398 g/mol. The van der Waals surface area contributed by atoms with Gasteiger partial charge < -0.3 is 10.2 Å². The number of aromatic hydroxyl groups is 2. The second-order valence-corrected chi connectivity index (χ2v) is 8.42. The number of halogens is 1. The van der Waals surface area contributed by atoms with Crippen LogP contribution in [0.4, 0.5) is 0 Å². The monoisotopic (exact) mass is 423 g/mol. The lowest BCUT2D eigenvalue weighted by molar-refractivity contribution is 0.369. The highest BCUT2D eigenvalue weighted by Crippen LogP contribution is 2.33. The van der Waals surface area contributed by atoms with Crippen molar-refractivity contribution in [3.63, 3.8) is 0 Å². The molecule has 0 bridgehead atoms. The number of rotatable bonds is 8. The molecule has 8 heteroatoms. The zero-order valence-corrected chi connectivity index (χ0v) is 17.4. The van der Waals surface area contributed by atoms with E-state index in [-0.39, 0.29) is 23.6 Å². The molecule has 26 heavy (non-hydrogen) atoms. The molecule has 142 valence electrons. The maximum atomic E-state index is 9.96. The van der Waals surface area contributed by atoms with E-state index < -0.39 is 11.1 Å². The van der Waals surface area contributed by atoms with Crippen LogP contribution >= 0.6 is 16.1 Å². The smallest absolute Gasteiger partial charge is 0.207 e. The summed E-state index contributed by atoms with van der Waals surface area (Å²) in [6.45, 7) is 9.36. The van der Waals surface area contributed by atoms with Gasteiger partial charge in [0.25, 0.3) is 0 Å². The highest BCUT2D eigenvalue weighted by molar-refractivity contribution is 9.08. The Bertz CT molecular complexity index is 746. The van der Waals surface area contributed by atoms with Crippen LogP contribution in [0.15, 0.2) is 16.3 Å². The van der Waals surface area contributed by atoms with E-state index in [0.717, 1.165) is 3.59 Å². The van der Waals surface area contributed by atoms with Crippen LogP contribution in [0, 0.1) is 34.5 Å². The second kappa shape index (κ2) is 8.55. The average molecular weight is 424 g/mol. The molecule has 1 heterocycles. The van der Waals surface area contributed by atoms with Gasteiger partial charge in [0.15, 0.2) is 11.1 Å². The van der Waals surface area contributed by atoms with Gasteiger partial charge in [-0.1, -0.05) is 20.8 Å². The van der Waals surface area contributed by atoms with Gasteiger partial charge in [0.05, 0.1) is 28.3 Å². The lowest BCUT2D eigenvalue weighted by Crippen LogP contribution is -2.27. The minimum absolute atomic E-state index is 0.00256. The van der Waals surface area contributed by atoms with E-state index in [0.29, 0.717) is 24.8 Å². The Morgan fingerprint density at radius 3 is 2.00 bits per heavy atom. The molecule has 3 unspecified atom stereocenters. The molecule has 0 fully saturated rings. The van der Waals surface area contributed by atoms with E-state index in [4.69, 9.17) is 0 Å². The Hall–Kier alpha value is -2.06. The molecule has 2 N–H and O–H groups in total. The molecule has 1 aromatic heterocycles. The zero-order valence-electron chi connectivity index (χ0n) is 15.9. The maximum Gasteiger partial charge on any atom is 0.207 e. The van der Waals surface area contributed by atoms with Crippen molar-refractivity contribution >= 4 is 16.1 Å². The largest absolute Gasteiger partial charge is 0.494 e. The molecule has 0 aliphatic heterocycles. The summed E-state index contributed by atoms with van der Waals surface area (Å²) in [6, 6.07) is 5.83. The van der Waals surface area contributed by atoms with Crippen LogP contribution in [0.1, 0.15) is 53.0 Å². The van der Waals surface area contributed by atoms with Crippen LogP contribution in [-0.4, -0.2) is 24.9 Å². The summed E-state index contributed by atoms with van der Waals surface area (Å²) in [7, 11) is 0. The van der Waals surface area contributed by atoms with Crippen molar-refractivity contribution < 1.29 is 10.2 Å². The fourth-order valence-electron chi connectivity index (χ4n) is 3.02. The number of aromatic nitrogens is 1. The van der Waals surface area contributed by atoms with Crippen LogP contribution in [-0.2, 0) is 6.42 Å². The van der Waals surface area contributed by atoms with E-state index >= 15 is 0 Å². The fourth-order valence-corrected chi connectivity index (χ4v) is 3.35. The summed E-state index contributed by atoms with van der Waals surface area (Å²) in [4.78, 5) is 0. The first-order chi connectivity index (χ1) is 11.9. The Morgan fingerprint density at radius 2 is 1.62 bits per heavy atom. The Morgan fingerprint density at radius 1 is 1.12 bits per heavy atom. The normalized spacial score (nSPS) is 17.4. The Balaban J connectivity index is 2.89. The number of nitrogens with zero attached hydrogens (tertiary/aromatic N) is 5. The third-order valence-corrected chi connectivity index (χ3v) is 4.77. The predicted molar refractivity (Wildman–Crippen MR) is 102 cm³/mol. The standard InChI is InChI=1S/C18H26BrN5O2/c1-12(2)8-17(4,10-20)22-23-18(5,11-21)9-13(3)6-14-7-15(25)24(19)16(14)26/h7,12-13,25-26H,6,8-9H2,1-5H3. The second-order valence-electron chi connectivity index (χ2n) is 7.71. The molecule has 0 amide bonds. The van der Waals surface area contributed by atoms with Crippen molar-refractivity contribution in [1.29, 1.82) is 10.5 Å². The lowest BCUT2D eigenvalue weighted by Gasteiger charge is -2.23. The number of nitriles is 2. The topological polar surface area (TPSA) is 118 Å². The molecule has 7 nitrogen and oxygen atoms in total. The zero-order chi connectivity index (χ0) is 20.1. The third-order valence-electron chi connectivity index (χ3n) is 4.07. The van der Waals surface area contributed by atoms with Crippen molar-refractivity contribution in [3.8, 4) is 23.9 Å². The first-order valence-corrected chi connectivity index (χ1v) is 9.21. The summed E-state index contributed by atoms with van der Waals surface area (Å²) in [5, 5.41) is 47.0. The van der Waals surface area contributed by atoms with E-state index in [9.17, 15) is 20.7 Å². The summed E-state index contributed by atoms with van der Waals surface area (Å²) in [6.07, 6.45) is 1.44. The predicted octanol–water partition coefficient (Wildman–Crippen LogP) is 4.69. The highest BCUT2D eigenvalue weighted by Gasteiger charge is 2.31. The molecule has 1 rings (SSSR count). The number of hydrogen-bond donors (Lipinski definition) is 2. The van der Waals surface area contributed by atoms with Crippen molar-refractivity contribution in [1.82, 2.24) is 3.59 Å². The average Bonchev–Trinajstić information content (AvgIpc) is 2.79. The highest BCUT2D eigenvalue weighted by atomic mass is 79.9. The molecule has 0 saturated heterocycles. The molecule has 0 spiro atoms. The van der Waals surface area contributed by atoms with E-state index in [1.165, 1.54) is 6.07 Å². The molecule has 0 aliphatic carbocycles. The quantitative estimate of drug-likeness (QED) is 0.589. The first kappa shape index (κ1) is 22.0. The van der Waals surface area contributed by atoms with Crippen LogP contribution in [0.5, 0.6) is 11.8 Å². The molecule has 1 aromatic rings. The van der Waals surface area contributed by atoms with Crippen LogP contribution in [0.2, 0.25) is 0 Å². The van der Waals surface area contributed by atoms with Crippen molar-refractivity contribution in [2.75, 3.05) is 0 Å². The van der Waals surface area contributed by atoms with Gasteiger partial charge in [-0.25, -0.2) is 3.59 Å². The van der Waals surface area contributed by atoms with E-state index in [2.05, 4.69) is 38.5 Å². The van der Waals surface area contributed by atoms with E-state index in [1.54, 1.807) is 13.8 Å². The molecule has 3 atom stereocenters. The van der Waals surface area contributed by atoms with Gasteiger partial charge in [0, 0.05) is 11.6 Å².